The smallest absolute Gasteiger partial charge is 0.241 e. The highest BCUT2D eigenvalue weighted by Gasteiger charge is 2.46. The van der Waals surface area contributed by atoms with E-state index < -0.39 is 0 Å². The lowest BCUT2D eigenvalue weighted by molar-refractivity contribution is -0.132. The second-order valence-corrected chi connectivity index (χ2v) is 5.16. The maximum atomic E-state index is 12.1. The van der Waals surface area contributed by atoms with Crippen LogP contribution in [0.2, 0.25) is 0 Å². The van der Waals surface area contributed by atoms with Crippen molar-refractivity contribution in [1.29, 1.82) is 0 Å². The molecule has 1 aliphatic carbocycles. The third-order valence-electron chi connectivity index (χ3n) is 4.09. The average molecular weight is 224 g/mol. The molecule has 16 heavy (non-hydrogen) atoms. The normalized spacial score (nSPS) is 39.7. The molecule has 0 radical (unpaired) electrons. The van der Waals surface area contributed by atoms with Gasteiger partial charge in [0.05, 0.1) is 24.9 Å². The third kappa shape index (κ3) is 1.64. The van der Waals surface area contributed by atoms with E-state index in [-0.39, 0.29) is 11.9 Å². The standard InChI is InChI=1S/C12H20N2O2/c1-2-9-12(15)14(7-13-9)10-5-6-16-11(10)8-3-4-8/h8-11,13H,2-7H2,1H3. The molecule has 1 saturated carbocycles. The van der Waals surface area contributed by atoms with E-state index in [1.165, 1.54) is 12.8 Å². The Morgan fingerprint density at radius 3 is 2.88 bits per heavy atom. The van der Waals surface area contributed by atoms with Crippen molar-refractivity contribution in [2.24, 2.45) is 5.92 Å². The maximum absolute atomic E-state index is 12.1. The van der Waals surface area contributed by atoms with Gasteiger partial charge < -0.3 is 9.64 Å². The van der Waals surface area contributed by atoms with Crippen molar-refractivity contribution in [3.63, 3.8) is 0 Å². The second kappa shape index (κ2) is 4.00. The zero-order valence-electron chi connectivity index (χ0n) is 9.82. The van der Waals surface area contributed by atoms with Crippen LogP contribution in [0.1, 0.15) is 32.6 Å². The predicted octanol–water partition coefficient (Wildman–Crippen LogP) is 0.722. The monoisotopic (exact) mass is 224 g/mol. The van der Waals surface area contributed by atoms with Crippen molar-refractivity contribution in [2.45, 2.75) is 50.8 Å². The van der Waals surface area contributed by atoms with Gasteiger partial charge in [-0.3, -0.25) is 10.1 Å². The zero-order chi connectivity index (χ0) is 11.1. The molecule has 0 aromatic carbocycles. The lowest BCUT2D eigenvalue weighted by Crippen LogP contribution is -2.44. The highest BCUT2D eigenvalue weighted by molar-refractivity contribution is 5.84. The van der Waals surface area contributed by atoms with E-state index >= 15 is 0 Å². The van der Waals surface area contributed by atoms with Crippen molar-refractivity contribution in [1.82, 2.24) is 10.2 Å². The molecule has 2 aliphatic heterocycles. The summed E-state index contributed by atoms with van der Waals surface area (Å²) < 4.78 is 5.80. The maximum Gasteiger partial charge on any atom is 0.241 e. The zero-order valence-corrected chi connectivity index (χ0v) is 9.82. The molecule has 0 aromatic heterocycles. The molecular weight excluding hydrogens is 204 g/mol. The van der Waals surface area contributed by atoms with Crippen molar-refractivity contribution < 1.29 is 9.53 Å². The molecule has 0 aromatic rings. The minimum absolute atomic E-state index is 0.0421. The van der Waals surface area contributed by atoms with Crippen LogP contribution in [0.4, 0.5) is 0 Å². The van der Waals surface area contributed by atoms with Crippen LogP contribution in [-0.2, 0) is 9.53 Å². The molecule has 3 unspecified atom stereocenters. The molecule has 3 rings (SSSR count). The SMILES string of the molecule is CCC1NCN(C2CCOC2C2CC2)C1=O. The first-order valence-electron chi connectivity index (χ1n) is 6.46. The molecule has 1 N–H and O–H groups in total. The first-order valence-corrected chi connectivity index (χ1v) is 6.46. The number of carbonyl (C=O) groups is 1. The molecule has 3 fully saturated rings. The van der Waals surface area contributed by atoms with Gasteiger partial charge in [-0.15, -0.1) is 0 Å². The van der Waals surface area contributed by atoms with Crippen LogP contribution in [0.25, 0.3) is 0 Å². The van der Waals surface area contributed by atoms with E-state index in [4.69, 9.17) is 4.74 Å². The Morgan fingerprint density at radius 1 is 1.44 bits per heavy atom. The molecule has 3 aliphatic rings. The van der Waals surface area contributed by atoms with Gasteiger partial charge in [0, 0.05) is 6.61 Å². The number of hydrogen-bond acceptors (Lipinski definition) is 3. The molecule has 2 heterocycles. The fraction of sp³-hybridized carbons (Fsp3) is 0.917. The molecule has 4 nitrogen and oxygen atoms in total. The topological polar surface area (TPSA) is 41.6 Å². The van der Waals surface area contributed by atoms with E-state index in [1.807, 2.05) is 4.90 Å². The van der Waals surface area contributed by atoms with E-state index in [2.05, 4.69) is 12.2 Å². The summed E-state index contributed by atoms with van der Waals surface area (Å²) in [5.41, 5.74) is 0. The predicted molar refractivity (Wildman–Crippen MR) is 59.8 cm³/mol. The number of nitrogens with one attached hydrogen (secondary N) is 1. The van der Waals surface area contributed by atoms with Crippen LogP contribution < -0.4 is 5.32 Å². The van der Waals surface area contributed by atoms with Crippen LogP contribution in [-0.4, -0.2) is 42.3 Å². The minimum Gasteiger partial charge on any atom is -0.376 e. The average Bonchev–Trinajstić information content (AvgIpc) is 2.91. The van der Waals surface area contributed by atoms with Gasteiger partial charge >= 0.3 is 0 Å². The number of nitrogens with zero attached hydrogens (tertiary/aromatic N) is 1. The van der Waals surface area contributed by atoms with Crippen molar-refractivity contribution >= 4 is 5.91 Å². The Labute approximate surface area is 96.3 Å². The van der Waals surface area contributed by atoms with Gasteiger partial charge in [0.2, 0.25) is 5.91 Å². The van der Waals surface area contributed by atoms with Crippen LogP contribution in [0.3, 0.4) is 0 Å². The number of ether oxygens (including phenoxy) is 1. The first-order chi connectivity index (χ1) is 7.81. The quantitative estimate of drug-likeness (QED) is 0.768. The van der Waals surface area contributed by atoms with Gasteiger partial charge in [0.25, 0.3) is 0 Å². The molecule has 1 amide bonds. The highest BCUT2D eigenvalue weighted by Crippen LogP contribution is 2.40. The summed E-state index contributed by atoms with van der Waals surface area (Å²) in [5.74, 6) is 1.00. The van der Waals surface area contributed by atoms with E-state index in [0.29, 0.717) is 18.8 Å². The van der Waals surface area contributed by atoms with Crippen LogP contribution in [0.5, 0.6) is 0 Å². The van der Waals surface area contributed by atoms with Gasteiger partial charge in [-0.25, -0.2) is 0 Å². The number of hydrogen-bond donors (Lipinski definition) is 1. The third-order valence-corrected chi connectivity index (χ3v) is 4.09. The summed E-state index contributed by atoms with van der Waals surface area (Å²) in [6, 6.07) is 0.379. The first kappa shape index (κ1) is 10.5. The Kier molecular flexibility index (Phi) is 2.64. The molecule has 0 spiro atoms. The highest BCUT2D eigenvalue weighted by atomic mass is 16.5. The fourth-order valence-corrected chi connectivity index (χ4v) is 2.98. The summed E-state index contributed by atoms with van der Waals surface area (Å²) >= 11 is 0. The molecule has 3 atom stereocenters. The van der Waals surface area contributed by atoms with Gasteiger partial charge in [-0.2, -0.15) is 0 Å². The van der Waals surface area contributed by atoms with Gasteiger partial charge in [-0.1, -0.05) is 6.92 Å². The summed E-state index contributed by atoms with van der Waals surface area (Å²) in [6.07, 6.45) is 4.80. The van der Waals surface area contributed by atoms with Gasteiger partial charge in [-0.05, 0) is 31.6 Å². The molecular formula is C12H20N2O2. The summed E-state index contributed by atoms with van der Waals surface area (Å²) in [4.78, 5) is 14.1. The number of amides is 1. The second-order valence-electron chi connectivity index (χ2n) is 5.16. The van der Waals surface area contributed by atoms with E-state index in [0.717, 1.165) is 25.4 Å². The lowest BCUT2D eigenvalue weighted by atomic mass is 10.0. The minimum atomic E-state index is 0.0421. The Bertz CT molecular complexity index is 291. The lowest BCUT2D eigenvalue weighted by Gasteiger charge is -2.27. The van der Waals surface area contributed by atoms with Gasteiger partial charge in [0.1, 0.15) is 0 Å². The Balaban J connectivity index is 1.70. The summed E-state index contributed by atoms with van der Waals surface area (Å²) in [5, 5.41) is 3.28. The van der Waals surface area contributed by atoms with Crippen molar-refractivity contribution in [2.75, 3.05) is 13.3 Å². The van der Waals surface area contributed by atoms with Crippen LogP contribution in [0.15, 0.2) is 0 Å². The van der Waals surface area contributed by atoms with Gasteiger partial charge in [0.15, 0.2) is 0 Å². The molecule has 0 bridgehead atoms. The van der Waals surface area contributed by atoms with Crippen LogP contribution >= 0.6 is 0 Å². The van der Waals surface area contributed by atoms with Crippen LogP contribution in [0, 0.1) is 5.92 Å². The summed E-state index contributed by atoms with van der Waals surface area (Å²) in [6.45, 7) is 3.60. The Morgan fingerprint density at radius 2 is 2.25 bits per heavy atom. The fourth-order valence-electron chi connectivity index (χ4n) is 2.98. The van der Waals surface area contributed by atoms with Crippen molar-refractivity contribution in [3.8, 4) is 0 Å². The number of carbonyl (C=O) groups excluding carboxylic acids is 1. The largest absolute Gasteiger partial charge is 0.376 e. The van der Waals surface area contributed by atoms with E-state index in [1.54, 1.807) is 0 Å². The molecule has 90 valence electrons. The Hall–Kier alpha value is -0.610. The number of rotatable bonds is 3. The summed E-state index contributed by atoms with van der Waals surface area (Å²) in [7, 11) is 0. The molecule has 2 saturated heterocycles. The molecule has 4 heteroatoms. The van der Waals surface area contributed by atoms with Crippen molar-refractivity contribution in [3.05, 3.63) is 0 Å². The van der Waals surface area contributed by atoms with E-state index in [9.17, 15) is 4.79 Å².